The molecule has 0 aliphatic heterocycles. The van der Waals surface area contributed by atoms with E-state index >= 15 is 0 Å². The minimum absolute atomic E-state index is 0.0904. The van der Waals surface area contributed by atoms with Crippen molar-refractivity contribution in [1.29, 1.82) is 5.26 Å². The highest BCUT2D eigenvalue weighted by molar-refractivity contribution is 7.93. The monoisotopic (exact) mass is 255 g/mol. The fourth-order valence-electron chi connectivity index (χ4n) is 1.91. The molecule has 0 unspecified atom stereocenters. The van der Waals surface area contributed by atoms with Gasteiger partial charge in [0.15, 0.2) is 14.6 Å². The first-order valence-electron chi connectivity index (χ1n) is 5.01. The van der Waals surface area contributed by atoms with Crippen molar-refractivity contribution < 1.29 is 17.9 Å². The molecule has 0 amide bonds. The molecular formula is C11H10FNO3S. The van der Waals surface area contributed by atoms with Crippen LogP contribution in [0.4, 0.5) is 4.39 Å². The van der Waals surface area contributed by atoms with Gasteiger partial charge in [0.05, 0.1) is 17.1 Å². The Bertz CT molecular complexity index is 568. The zero-order valence-electron chi connectivity index (χ0n) is 8.80. The summed E-state index contributed by atoms with van der Waals surface area (Å²) in [6, 6.07) is 6.09. The number of nitrogens with zero attached hydrogens (tertiary/aromatic N) is 1. The van der Waals surface area contributed by atoms with E-state index in [1.54, 1.807) is 6.07 Å². The van der Waals surface area contributed by atoms with E-state index in [4.69, 9.17) is 5.26 Å². The molecule has 1 fully saturated rings. The van der Waals surface area contributed by atoms with Gasteiger partial charge in [-0.15, -0.1) is 0 Å². The minimum atomic E-state index is -3.85. The predicted octanol–water partition coefficient (Wildman–Crippen LogP) is 1.02. The van der Waals surface area contributed by atoms with Crippen LogP contribution in [0.2, 0.25) is 0 Å². The molecule has 1 N–H and O–H groups in total. The van der Waals surface area contributed by atoms with E-state index in [2.05, 4.69) is 0 Å². The summed E-state index contributed by atoms with van der Waals surface area (Å²) in [7, 11) is -3.85. The van der Waals surface area contributed by atoms with Crippen LogP contribution in [-0.4, -0.2) is 24.4 Å². The second-order valence-electron chi connectivity index (χ2n) is 4.13. The van der Waals surface area contributed by atoms with Crippen LogP contribution in [0.5, 0.6) is 0 Å². The Morgan fingerprint density at radius 2 is 1.88 bits per heavy atom. The summed E-state index contributed by atoms with van der Waals surface area (Å²) in [4.78, 5) is -0.0904. The van der Waals surface area contributed by atoms with Crippen molar-refractivity contribution in [1.82, 2.24) is 0 Å². The van der Waals surface area contributed by atoms with E-state index < -0.39 is 26.5 Å². The molecule has 1 aromatic rings. The van der Waals surface area contributed by atoms with Gasteiger partial charge in [-0.1, -0.05) is 0 Å². The third kappa shape index (κ3) is 1.72. The van der Waals surface area contributed by atoms with Crippen LogP contribution in [0.25, 0.3) is 0 Å². The van der Waals surface area contributed by atoms with Crippen LogP contribution in [0.1, 0.15) is 12.8 Å². The number of benzene rings is 1. The number of sulfone groups is 1. The summed E-state index contributed by atoms with van der Waals surface area (Å²) < 4.78 is 35.5. The van der Waals surface area contributed by atoms with Gasteiger partial charge in [0.25, 0.3) is 0 Å². The molecule has 0 spiro atoms. The average molecular weight is 255 g/mol. The van der Waals surface area contributed by atoms with Gasteiger partial charge >= 0.3 is 0 Å². The molecule has 0 heterocycles. The summed E-state index contributed by atoms with van der Waals surface area (Å²) in [5, 5.41) is 18.2. The number of nitriles is 1. The molecule has 0 saturated heterocycles. The largest absolute Gasteiger partial charge is 0.393 e. The first-order valence-corrected chi connectivity index (χ1v) is 6.49. The normalized spacial score (nSPS) is 28.2. The lowest BCUT2D eigenvalue weighted by molar-refractivity contribution is 0.0764. The van der Waals surface area contributed by atoms with Gasteiger partial charge in [-0.05, 0) is 24.3 Å². The van der Waals surface area contributed by atoms with Gasteiger partial charge in [-0.2, -0.15) is 5.26 Å². The van der Waals surface area contributed by atoms with Crippen molar-refractivity contribution in [2.75, 3.05) is 0 Å². The Balaban J connectivity index is 2.44. The van der Waals surface area contributed by atoms with Crippen LogP contribution in [0.15, 0.2) is 29.2 Å². The van der Waals surface area contributed by atoms with Gasteiger partial charge in [0.1, 0.15) is 5.82 Å². The molecule has 2 rings (SSSR count). The lowest BCUT2D eigenvalue weighted by atomic mass is 9.82. The maximum Gasteiger partial charge on any atom is 0.197 e. The molecule has 1 aromatic carbocycles. The fourth-order valence-corrected chi connectivity index (χ4v) is 3.80. The smallest absolute Gasteiger partial charge is 0.197 e. The van der Waals surface area contributed by atoms with Gasteiger partial charge in [0.2, 0.25) is 0 Å². The van der Waals surface area contributed by atoms with Crippen molar-refractivity contribution in [2.24, 2.45) is 0 Å². The first kappa shape index (κ1) is 12.0. The predicted molar refractivity (Wildman–Crippen MR) is 57.2 cm³/mol. The van der Waals surface area contributed by atoms with Gasteiger partial charge in [-0.3, -0.25) is 0 Å². The zero-order valence-corrected chi connectivity index (χ0v) is 9.61. The third-order valence-corrected chi connectivity index (χ3v) is 5.32. The number of hydrogen-bond donors (Lipinski definition) is 1. The zero-order chi connectivity index (χ0) is 12.7. The number of halogens is 1. The quantitative estimate of drug-likeness (QED) is 0.800. The lowest BCUT2D eigenvalue weighted by Gasteiger charge is -2.38. The van der Waals surface area contributed by atoms with Gasteiger partial charge in [-0.25, -0.2) is 12.8 Å². The summed E-state index contributed by atoms with van der Waals surface area (Å²) in [6.45, 7) is 0. The molecule has 17 heavy (non-hydrogen) atoms. The van der Waals surface area contributed by atoms with E-state index in [9.17, 15) is 17.9 Å². The summed E-state index contributed by atoms with van der Waals surface area (Å²) in [6.07, 6.45) is -0.947. The van der Waals surface area contributed by atoms with Crippen molar-refractivity contribution in [3.05, 3.63) is 30.1 Å². The Labute approximate surface area is 98.2 Å². The van der Waals surface area contributed by atoms with E-state index in [1.165, 1.54) is 0 Å². The molecular weight excluding hydrogens is 245 g/mol. The lowest BCUT2D eigenvalue weighted by Crippen LogP contribution is -2.51. The van der Waals surface area contributed by atoms with Crippen LogP contribution in [0.3, 0.4) is 0 Å². The van der Waals surface area contributed by atoms with Crippen molar-refractivity contribution in [2.45, 2.75) is 28.6 Å². The number of hydrogen-bond acceptors (Lipinski definition) is 4. The first-order chi connectivity index (χ1) is 7.91. The van der Waals surface area contributed by atoms with E-state index in [-0.39, 0.29) is 17.7 Å². The van der Waals surface area contributed by atoms with Crippen LogP contribution in [0, 0.1) is 17.1 Å². The third-order valence-electron chi connectivity index (χ3n) is 2.97. The summed E-state index contributed by atoms with van der Waals surface area (Å²) >= 11 is 0. The second kappa shape index (κ2) is 3.79. The van der Waals surface area contributed by atoms with E-state index in [0.717, 1.165) is 24.3 Å². The molecule has 1 saturated carbocycles. The summed E-state index contributed by atoms with van der Waals surface area (Å²) in [5.41, 5.74) is 0. The molecule has 0 atom stereocenters. The Morgan fingerprint density at radius 3 is 2.29 bits per heavy atom. The average Bonchev–Trinajstić information content (AvgIpc) is 2.24. The molecule has 90 valence electrons. The SMILES string of the molecule is N#CC1(S(=O)(=O)c2ccc(F)cc2)CC(O)C1. The molecule has 0 radical (unpaired) electrons. The molecule has 1 aliphatic carbocycles. The fraction of sp³-hybridized carbons (Fsp3) is 0.364. The molecule has 4 nitrogen and oxygen atoms in total. The standard InChI is InChI=1S/C11H10FNO3S/c12-8-1-3-10(4-2-8)17(15,16)11(7-13)5-9(14)6-11/h1-4,9,14H,5-6H2. The van der Waals surface area contributed by atoms with Crippen molar-refractivity contribution >= 4 is 9.84 Å². The van der Waals surface area contributed by atoms with Crippen LogP contribution < -0.4 is 0 Å². The topological polar surface area (TPSA) is 78.2 Å². The summed E-state index contributed by atoms with van der Waals surface area (Å²) in [5.74, 6) is -0.538. The molecule has 1 aliphatic rings. The molecule has 0 bridgehead atoms. The highest BCUT2D eigenvalue weighted by atomic mass is 32.2. The number of aliphatic hydroxyl groups excluding tert-OH is 1. The van der Waals surface area contributed by atoms with Crippen LogP contribution >= 0.6 is 0 Å². The Kier molecular flexibility index (Phi) is 2.68. The maximum atomic E-state index is 12.7. The van der Waals surface area contributed by atoms with E-state index in [1.807, 2.05) is 0 Å². The van der Waals surface area contributed by atoms with Crippen molar-refractivity contribution in [3.63, 3.8) is 0 Å². The highest BCUT2D eigenvalue weighted by Gasteiger charge is 2.55. The van der Waals surface area contributed by atoms with Crippen molar-refractivity contribution in [3.8, 4) is 6.07 Å². The Morgan fingerprint density at radius 1 is 1.35 bits per heavy atom. The molecule has 0 aromatic heterocycles. The van der Waals surface area contributed by atoms with E-state index in [0.29, 0.717) is 0 Å². The Hall–Kier alpha value is -1.45. The highest BCUT2D eigenvalue weighted by Crippen LogP contribution is 2.42. The van der Waals surface area contributed by atoms with Crippen LogP contribution in [-0.2, 0) is 9.84 Å². The van der Waals surface area contributed by atoms with Gasteiger partial charge < -0.3 is 5.11 Å². The number of aliphatic hydroxyl groups is 1. The second-order valence-corrected chi connectivity index (χ2v) is 6.39. The van der Waals surface area contributed by atoms with Gasteiger partial charge in [0, 0.05) is 12.8 Å². The molecule has 6 heteroatoms. The number of rotatable bonds is 2. The maximum absolute atomic E-state index is 12.7. The minimum Gasteiger partial charge on any atom is -0.393 e.